The van der Waals surface area contributed by atoms with Crippen LogP contribution in [0.3, 0.4) is 0 Å². The summed E-state index contributed by atoms with van der Waals surface area (Å²) in [6.07, 6.45) is 1.28. The van der Waals surface area contributed by atoms with E-state index in [0.717, 1.165) is 11.1 Å². The maximum atomic E-state index is 11.5. The maximum absolute atomic E-state index is 11.5. The Kier molecular flexibility index (Phi) is 4.90. The summed E-state index contributed by atoms with van der Waals surface area (Å²) in [7, 11) is 2.94. The highest BCUT2D eigenvalue weighted by Crippen LogP contribution is 2.27. The Hall–Kier alpha value is -2.96. The molecule has 0 aliphatic heterocycles. The van der Waals surface area contributed by atoms with Gasteiger partial charge in [-0.05, 0) is 18.1 Å². The molecule has 0 N–H and O–H groups in total. The molecule has 2 aromatic rings. The van der Waals surface area contributed by atoms with E-state index in [9.17, 15) is 14.9 Å². The standard InChI is InChI=1S/C16H17N3O4/c1-11-6-4-5-7-12(11)10-18(2)15-14(19(21)22)8-13(9-17-15)16(20)23-3/h4-9H,10H2,1-3H3. The number of ether oxygens (including phenoxy) is 1. The summed E-state index contributed by atoms with van der Waals surface area (Å²) in [6, 6.07) is 8.97. The van der Waals surface area contributed by atoms with Crippen LogP contribution in [-0.2, 0) is 11.3 Å². The van der Waals surface area contributed by atoms with Crippen molar-refractivity contribution in [2.24, 2.45) is 0 Å². The van der Waals surface area contributed by atoms with Gasteiger partial charge in [-0.2, -0.15) is 0 Å². The predicted molar refractivity (Wildman–Crippen MR) is 85.5 cm³/mol. The number of nitrogens with zero attached hydrogens (tertiary/aromatic N) is 3. The Labute approximate surface area is 133 Å². The lowest BCUT2D eigenvalue weighted by Crippen LogP contribution is -2.20. The van der Waals surface area contributed by atoms with Crippen molar-refractivity contribution in [1.82, 2.24) is 4.98 Å². The summed E-state index contributed by atoms with van der Waals surface area (Å²) in [5.74, 6) is -0.459. The number of aromatic nitrogens is 1. The number of aryl methyl sites for hydroxylation is 1. The van der Waals surface area contributed by atoms with Crippen LogP contribution in [0.1, 0.15) is 21.5 Å². The molecule has 0 amide bonds. The second kappa shape index (κ2) is 6.87. The Balaban J connectivity index is 2.36. The van der Waals surface area contributed by atoms with Crippen LogP contribution in [0, 0.1) is 17.0 Å². The van der Waals surface area contributed by atoms with Gasteiger partial charge in [-0.15, -0.1) is 0 Å². The Morgan fingerprint density at radius 3 is 2.70 bits per heavy atom. The molecule has 0 bridgehead atoms. The first kappa shape index (κ1) is 16.4. The van der Waals surface area contributed by atoms with E-state index in [1.165, 1.54) is 19.4 Å². The topological polar surface area (TPSA) is 85.6 Å². The molecule has 1 heterocycles. The molecule has 0 saturated heterocycles. The lowest BCUT2D eigenvalue weighted by molar-refractivity contribution is -0.384. The number of esters is 1. The van der Waals surface area contributed by atoms with Crippen molar-refractivity contribution in [3.63, 3.8) is 0 Å². The molecule has 0 saturated carbocycles. The van der Waals surface area contributed by atoms with E-state index < -0.39 is 10.9 Å². The summed E-state index contributed by atoms with van der Waals surface area (Å²) in [4.78, 5) is 28.0. The molecule has 2 rings (SSSR count). The zero-order chi connectivity index (χ0) is 17.0. The molecule has 0 spiro atoms. The van der Waals surface area contributed by atoms with Crippen molar-refractivity contribution in [3.8, 4) is 0 Å². The number of anilines is 1. The van der Waals surface area contributed by atoms with Crippen LogP contribution >= 0.6 is 0 Å². The third kappa shape index (κ3) is 3.63. The van der Waals surface area contributed by atoms with E-state index >= 15 is 0 Å². The van der Waals surface area contributed by atoms with E-state index in [1.54, 1.807) is 11.9 Å². The minimum atomic E-state index is -0.659. The van der Waals surface area contributed by atoms with Gasteiger partial charge in [0.1, 0.15) is 0 Å². The van der Waals surface area contributed by atoms with Crippen LogP contribution in [0.5, 0.6) is 0 Å². The lowest BCUT2D eigenvalue weighted by atomic mass is 10.1. The van der Waals surface area contributed by atoms with Crippen LogP contribution in [0.2, 0.25) is 0 Å². The summed E-state index contributed by atoms with van der Waals surface area (Å²) < 4.78 is 4.57. The molecule has 0 aliphatic rings. The number of carbonyl (C=O) groups is 1. The third-order valence-corrected chi connectivity index (χ3v) is 3.50. The van der Waals surface area contributed by atoms with Crippen molar-refractivity contribution < 1.29 is 14.5 Å². The van der Waals surface area contributed by atoms with Crippen molar-refractivity contribution in [1.29, 1.82) is 0 Å². The molecular formula is C16H17N3O4. The summed E-state index contributed by atoms with van der Waals surface area (Å²) >= 11 is 0. The fourth-order valence-electron chi connectivity index (χ4n) is 2.22. The fraction of sp³-hybridized carbons (Fsp3) is 0.250. The Morgan fingerprint density at radius 1 is 1.39 bits per heavy atom. The van der Waals surface area contributed by atoms with Crippen molar-refractivity contribution in [2.75, 3.05) is 19.1 Å². The number of hydrogen-bond acceptors (Lipinski definition) is 6. The molecule has 120 valence electrons. The van der Waals surface area contributed by atoms with Gasteiger partial charge in [0.05, 0.1) is 17.6 Å². The number of benzene rings is 1. The number of hydrogen-bond donors (Lipinski definition) is 0. The first-order chi connectivity index (χ1) is 10.9. The highest BCUT2D eigenvalue weighted by atomic mass is 16.6. The van der Waals surface area contributed by atoms with E-state index in [4.69, 9.17) is 0 Å². The normalized spacial score (nSPS) is 10.2. The van der Waals surface area contributed by atoms with Crippen LogP contribution in [0.25, 0.3) is 0 Å². The largest absolute Gasteiger partial charge is 0.465 e. The van der Waals surface area contributed by atoms with Gasteiger partial charge in [-0.25, -0.2) is 9.78 Å². The minimum Gasteiger partial charge on any atom is -0.465 e. The quantitative estimate of drug-likeness (QED) is 0.479. The number of rotatable bonds is 5. The second-order valence-electron chi connectivity index (χ2n) is 5.10. The summed E-state index contributed by atoms with van der Waals surface area (Å²) in [5, 5.41) is 11.3. The summed E-state index contributed by atoms with van der Waals surface area (Å²) in [6.45, 7) is 2.45. The van der Waals surface area contributed by atoms with Gasteiger partial charge in [0, 0.05) is 25.9 Å². The van der Waals surface area contributed by atoms with Crippen LogP contribution in [-0.4, -0.2) is 30.0 Å². The zero-order valence-corrected chi connectivity index (χ0v) is 13.1. The molecular weight excluding hydrogens is 298 g/mol. The third-order valence-electron chi connectivity index (χ3n) is 3.50. The highest BCUT2D eigenvalue weighted by Gasteiger charge is 2.22. The molecule has 0 atom stereocenters. The van der Waals surface area contributed by atoms with Gasteiger partial charge in [-0.3, -0.25) is 10.1 Å². The second-order valence-corrected chi connectivity index (χ2v) is 5.10. The SMILES string of the molecule is COC(=O)c1cnc(N(C)Cc2ccccc2C)c([N+](=O)[O-])c1. The molecule has 0 radical (unpaired) electrons. The first-order valence-electron chi connectivity index (χ1n) is 6.92. The van der Waals surface area contributed by atoms with E-state index in [1.807, 2.05) is 31.2 Å². The average Bonchev–Trinajstić information content (AvgIpc) is 2.55. The van der Waals surface area contributed by atoms with Gasteiger partial charge < -0.3 is 9.64 Å². The number of pyridine rings is 1. The van der Waals surface area contributed by atoms with Crippen molar-refractivity contribution in [2.45, 2.75) is 13.5 Å². The van der Waals surface area contributed by atoms with Gasteiger partial charge in [0.2, 0.25) is 5.82 Å². The Bertz CT molecular complexity index is 746. The molecule has 23 heavy (non-hydrogen) atoms. The minimum absolute atomic E-state index is 0.0484. The molecule has 0 unspecified atom stereocenters. The molecule has 0 fully saturated rings. The fourth-order valence-corrected chi connectivity index (χ4v) is 2.22. The van der Waals surface area contributed by atoms with Gasteiger partial charge in [0.25, 0.3) is 0 Å². The summed E-state index contributed by atoms with van der Waals surface area (Å²) in [5.41, 5.74) is 1.95. The van der Waals surface area contributed by atoms with E-state index in [0.29, 0.717) is 6.54 Å². The zero-order valence-electron chi connectivity index (χ0n) is 13.1. The van der Waals surface area contributed by atoms with Crippen molar-refractivity contribution in [3.05, 3.63) is 63.3 Å². The monoisotopic (exact) mass is 315 g/mol. The van der Waals surface area contributed by atoms with E-state index in [2.05, 4.69) is 9.72 Å². The van der Waals surface area contributed by atoms with Crippen molar-refractivity contribution >= 4 is 17.5 Å². The highest BCUT2D eigenvalue weighted by molar-refractivity contribution is 5.90. The Morgan fingerprint density at radius 2 is 2.09 bits per heavy atom. The predicted octanol–water partition coefficient (Wildman–Crippen LogP) is 2.72. The van der Waals surface area contributed by atoms with Crippen LogP contribution < -0.4 is 4.90 Å². The van der Waals surface area contributed by atoms with Gasteiger partial charge in [0.15, 0.2) is 0 Å². The lowest BCUT2D eigenvalue weighted by Gasteiger charge is -2.19. The van der Waals surface area contributed by atoms with E-state index in [-0.39, 0.29) is 17.1 Å². The number of methoxy groups -OCH3 is 1. The van der Waals surface area contributed by atoms with Gasteiger partial charge in [-0.1, -0.05) is 24.3 Å². The molecule has 1 aromatic carbocycles. The molecule has 7 nitrogen and oxygen atoms in total. The number of nitro groups is 1. The molecule has 7 heteroatoms. The number of carbonyl (C=O) groups excluding carboxylic acids is 1. The van der Waals surface area contributed by atoms with Crippen LogP contribution in [0.15, 0.2) is 36.5 Å². The smallest absolute Gasteiger partial charge is 0.339 e. The maximum Gasteiger partial charge on any atom is 0.339 e. The van der Waals surface area contributed by atoms with Crippen LogP contribution in [0.4, 0.5) is 11.5 Å². The first-order valence-corrected chi connectivity index (χ1v) is 6.92. The molecule has 1 aromatic heterocycles. The van der Waals surface area contributed by atoms with Gasteiger partial charge >= 0.3 is 11.7 Å². The average molecular weight is 315 g/mol. The molecule has 0 aliphatic carbocycles.